The lowest BCUT2D eigenvalue weighted by Gasteiger charge is -2.19. The molecule has 0 amide bonds. The summed E-state index contributed by atoms with van der Waals surface area (Å²) >= 11 is 0. The molecule has 1 aromatic rings. The highest BCUT2D eigenvalue weighted by molar-refractivity contribution is 5.78. The van der Waals surface area contributed by atoms with Crippen molar-refractivity contribution in [2.24, 2.45) is 5.73 Å². The Kier molecular flexibility index (Phi) is 2.72. The number of carbonyl (C=O) groups is 1. The van der Waals surface area contributed by atoms with Gasteiger partial charge in [-0.05, 0) is 36.8 Å². The highest BCUT2D eigenvalue weighted by Gasteiger charge is 2.28. The summed E-state index contributed by atoms with van der Waals surface area (Å²) in [4.78, 5) is 10.9. The van der Waals surface area contributed by atoms with E-state index in [9.17, 15) is 4.79 Å². The van der Waals surface area contributed by atoms with Gasteiger partial charge in [-0.15, -0.1) is 0 Å². The van der Waals surface area contributed by atoms with Crippen molar-refractivity contribution in [2.75, 3.05) is 0 Å². The second kappa shape index (κ2) is 3.91. The molecular formula is C13H17NO2. The minimum Gasteiger partial charge on any atom is -0.480 e. The summed E-state index contributed by atoms with van der Waals surface area (Å²) < 4.78 is 0. The van der Waals surface area contributed by atoms with E-state index in [4.69, 9.17) is 10.8 Å². The summed E-state index contributed by atoms with van der Waals surface area (Å²) in [5.41, 5.74) is 6.86. The number of nitrogens with two attached hydrogens (primary N) is 1. The van der Waals surface area contributed by atoms with Gasteiger partial charge in [-0.1, -0.05) is 24.3 Å². The van der Waals surface area contributed by atoms with Gasteiger partial charge in [-0.3, -0.25) is 4.79 Å². The Bertz CT molecular complexity index is 391. The first-order valence-corrected chi connectivity index (χ1v) is 5.60. The normalized spacial score (nSPS) is 19.1. The molecular weight excluding hydrogens is 202 g/mol. The quantitative estimate of drug-likeness (QED) is 0.813. The fourth-order valence-electron chi connectivity index (χ4n) is 1.82. The van der Waals surface area contributed by atoms with Crippen LogP contribution in [0.1, 0.15) is 36.8 Å². The molecule has 1 fully saturated rings. The van der Waals surface area contributed by atoms with Crippen molar-refractivity contribution in [3.63, 3.8) is 0 Å². The van der Waals surface area contributed by atoms with E-state index in [0.717, 1.165) is 11.5 Å². The first kappa shape index (κ1) is 11.1. The summed E-state index contributed by atoms with van der Waals surface area (Å²) in [5, 5.41) is 8.93. The van der Waals surface area contributed by atoms with Gasteiger partial charge in [0, 0.05) is 6.42 Å². The third-order valence-electron chi connectivity index (χ3n) is 3.09. The average Bonchev–Trinajstić information content (AvgIpc) is 3.01. The van der Waals surface area contributed by atoms with Crippen LogP contribution >= 0.6 is 0 Å². The van der Waals surface area contributed by atoms with Gasteiger partial charge in [0.2, 0.25) is 0 Å². The summed E-state index contributed by atoms with van der Waals surface area (Å²) in [5.74, 6) is -0.225. The minimum absolute atomic E-state index is 0.368. The SMILES string of the molecule is C[C@@](N)(Cc1ccc(C2CC2)cc1)C(=O)O. The monoisotopic (exact) mass is 219 g/mol. The molecule has 0 spiro atoms. The van der Waals surface area contributed by atoms with Crippen LogP contribution in [0, 0.1) is 0 Å². The molecule has 2 rings (SSSR count). The molecule has 0 unspecified atom stereocenters. The molecule has 0 saturated heterocycles. The Morgan fingerprint density at radius 3 is 2.44 bits per heavy atom. The highest BCUT2D eigenvalue weighted by atomic mass is 16.4. The van der Waals surface area contributed by atoms with Crippen LogP contribution in [0.15, 0.2) is 24.3 Å². The molecule has 0 heterocycles. The topological polar surface area (TPSA) is 63.3 Å². The van der Waals surface area contributed by atoms with Gasteiger partial charge in [0.1, 0.15) is 5.54 Å². The number of hydrogen-bond donors (Lipinski definition) is 2. The van der Waals surface area contributed by atoms with Crippen molar-refractivity contribution in [2.45, 2.75) is 37.6 Å². The minimum atomic E-state index is -1.18. The largest absolute Gasteiger partial charge is 0.480 e. The predicted octanol–water partition coefficient (Wildman–Crippen LogP) is 1.91. The number of benzene rings is 1. The van der Waals surface area contributed by atoms with Crippen molar-refractivity contribution in [1.82, 2.24) is 0 Å². The average molecular weight is 219 g/mol. The first-order chi connectivity index (χ1) is 7.49. The van der Waals surface area contributed by atoms with Crippen LogP contribution in [-0.4, -0.2) is 16.6 Å². The summed E-state index contributed by atoms with van der Waals surface area (Å²) in [6.07, 6.45) is 2.93. The summed E-state index contributed by atoms with van der Waals surface area (Å²) in [6, 6.07) is 8.15. The van der Waals surface area contributed by atoms with Gasteiger partial charge < -0.3 is 10.8 Å². The van der Waals surface area contributed by atoms with Crippen molar-refractivity contribution in [3.05, 3.63) is 35.4 Å². The van der Waals surface area contributed by atoms with Crippen molar-refractivity contribution in [1.29, 1.82) is 0 Å². The third kappa shape index (κ3) is 2.42. The van der Waals surface area contributed by atoms with Crippen LogP contribution in [0.4, 0.5) is 0 Å². The zero-order valence-electron chi connectivity index (χ0n) is 9.44. The molecule has 0 bridgehead atoms. The molecule has 1 aromatic carbocycles. The smallest absolute Gasteiger partial charge is 0.323 e. The molecule has 3 nitrogen and oxygen atoms in total. The van der Waals surface area contributed by atoms with Crippen LogP contribution in [0.25, 0.3) is 0 Å². The van der Waals surface area contributed by atoms with Gasteiger partial charge in [0.15, 0.2) is 0 Å². The van der Waals surface area contributed by atoms with Gasteiger partial charge >= 0.3 is 5.97 Å². The maximum atomic E-state index is 10.9. The van der Waals surface area contributed by atoms with E-state index < -0.39 is 11.5 Å². The Morgan fingerprint density at radius 2 is 2.00 bits per heavy atom. The Morgan fingerprint density at radius 1 is 1.44 bits per heavy atom. The van der Waals surface area contributed by atoms with Crippen molar-refractivity contribution >= 4 is 5.97 Å². The first-order valence-electron chi connectivity index (χ1n) is 5.60. The molecule has 1 aliphatic carbocycles. The van der Waals surface area contributed by atoms with Crippen molar-refractivity contribution < 1.29 is 9.90 Å². The number of rotatable bonds is 4. The van der Waals surface area contributed by atoms with Gasteiger partial charge in [0.25, 0.3) is 0 Å². The predicted molar refractivity (Wildman–Crippen MR) is 62.3 cm³/mol. The van der Waals surface area contributed by atoms with E-state index in [0.29, 0.717) is 6.42 Å². The van der Waals surface area contributed by atoms with Gasteiger partial charge in [-0.25, -0.2) is 0 Å². The fraction of sp³-hybridized carbons (Fsp3) is 0.462. The highest BCUT2D eigenvalue weighted by Crippen LogP contribution is 2.39. The second-order valence-electron chi connectivity index (χ2n) is 4.92. The van der Waals surface area contributed by atoms with E-state index >= 15 is 0 Å². The molecule has 1 aliphatic rings. The fourth-order valence-corrected chi connectivity index (χ4v) is 1.82. The molecule has 0 radical (unpaired) electrons. The molecule has 0 aliphatic heterocycles. The van der Waals surface area contributed by atoms with Crippen LogP contribution in [-0.2, 0) is 11.2 Å². The Labute approximate surface area is 95.3 Å². The Hall–Kier alpha value is -1.35. The molecule has 0 aromatic heterocycles. The van der Waals surface area contributed by atoms with Crippen molar-refractivity contribution in [3.8, 4) is 0 Å². The van der Waals surface area contributed by atoms with Crippen LogP contribution in [0.5, 0.6) is 0 Å². The molecule has 16 heavy (non-hydrogen) atoms. The number of carboxylic acids is 1. The molecule has 3 heteroatoms. The lowest BCUT2D eigenvalue weighted by atomic mass is 9.93. The standard InChI is InChI=1S/C13H17NO2/c1-13(14,12(15)16)8-9-2-4-10(5-3-9)11-6-7-11/h2-5,11H,6-8,14H2,1H3,(H,15,16)/t13-/m1/s1. The Balaban J connectivity index is 2.07. The van der Waals surface area contributed by atoms with E-state index in [2.05, 4.69) is 12.1 Å². The lowest BCUT2D eigenvalue weighted by molar-refractivity contribution is -0.142. The van der Waals surface area contributed by atoms with Gasteiger partial charge in [0.05, 0.1) is 0 Å². The van der Waals surface area contributed by atoms with E-state index in [1.165, 1.54) is 18.4 Å². The molecule has 3 N–H and O–H groups in total. The number of carboxylic acid groups (broad SMARTS) is 1. The number of aliphatic carboxylic acids is 1. The molecule has 86 valence electrons. The van der Waals surface area contributed by atoms with E-state index in [-0.39, 0.29) is 0 Å². The summed E-state index contributed by atoms with van der Waals surface area (Å²) in [7, 11) is 0. The second-order valence-corrected chi connectivity index (χ2v) is 4.92. The zero-order chi connectivity index (χ0) is 11.8. The van der Waals surface area contributed by atoms with Crippen LogP contribution < -0.4 is 5.73 Å². The number of hydrogen-bond acceptors (Lipinski definition) is 2. The maximum absolute atomic E-state index is 10.9. The van der Waals surface area contributed by atoms with Gasteiger partial charge in [-0.2, -0.15) is 0 Å². The summed E-state index contributed by atoms with van der Waals surface area (Å²) in [6.45, 7) is 1.55. The lowest BCUT2D eigenvalue weighted by Crippen LogP contribution is -2.46. The third-order valence-corrected chi connectivity index (χ3v) is 3.09. The maximum Gasteiger partial charge on any atom is 0.323 e. The van der Waals surface area contributed by atoms with Crippen LogP contribution in [0.3, 0.4) is 0 Å². The van der Waals surface area contributed by atoms with Crippen LogP contribution in [0.2, 0.25) is 0 Å². The van der Waals surface area contributed by atoms with E-state index in [1.807, 2.05) is 12.1 Å². The van der Waals surface area contributed by atoms with E-state index in [1.54, 1.807) is 6.92 Å². The molecule has 1 atom stereocenters. The molecule has 1 saturated carbocycles. The zero-order valence-corrected chi connectivity index (χ0v) is 9.44.